The minimum absolute atomic E-state index is 0.00403. The molecule has 0 aliphatic carbocycles. The molecule has 4 rings (SSSR count). The summed E-state index contributed by atoms with van der Waals surface area (Å²) in [6, 6.07) is 14.1. The average molecular weight is 381 g/mol. The van der Waals surface area contributed by atoms with Crippen molar-refractivity contribution >= 4 is 16.7 Å². The van der Waals surface area contributed by atoms with Crippen molar-refractivity contribution in [1.29, 1.82) is 0 Å². The highest BCUT2D eigenvalue weighted by molar-refractivity contribution is 5.85. The zero-order chi connectivity index (χ0) is 19.5. The number of hydrogen-bond acceptors (Lipinski definition) is 5. The van der Waals surface area contributed by atoms with E-state index in [0.29, 0.717) is 32.2 Å². The minimum atomic E-state index is 0.00403. The van der Waals surface area contributed by atoms with Crippen molar-refractivity contribution in [2.45, 2.75) is 6.92 Å². The lowest BCUT2D eigenvalue weighted by molar-refractivity contribution is -0.143. The molecule has 28 heavy (non-hydrogen) atoms. The van der Waals surface area contributed by atoms with Gasteiger partial charge in [-0.2, -0.15) is 0 Å². The molecular weight excluding hydrogens is 358 g/mol. The smallest absolute Gasteiger partial charge is 0.248 e. The van der Waals surface area contributed by atoms with E-state index in [0.717, 1.165) is 27.9 Å². The number of methoxy groups -OCH3 is 1. The third-order valence-electron chi connectivity index (χ3n) is 4.84. The number of nitrogens with zero attached hydrogens (tertiary/aromatic N) is 3. The van der Waals surface area contributed by atoms with Crippen LogP contribution in [0.15, 0.2) is 42.5 Å². The maximum absolute atomic E-state index is 11.7. The molecule has 1 aromatic heterocycles. The van der Waals surface area contributed by atoms with Crippen LogP contribution in [0, 0.1) is 6.92 Å². The van der Waals surface area contributed by atoms with Gasteiger partial charge in [-0.25, -0.2) is 4.68 Å². The molecule has 0 bridgehead atoms. The van der Waals surface area contributed by atoms with Crippen LogP contribution in [0.3, 0.4) is 0 Å². The van der Waals surface area contributed by atoms with Crippen LogP contribution in [-0.4, -0.2) is 60.6 Å². The topological polar surface area (TPSA) is 65.8 Å². The SMILES string of the molecule is COc1ccc2cc(-n3nc(OCCN4CCOCC4=O)cc3C)ccc2c1. The first-order chi connectivity index (χ1) is 13.6. The number of fused-ring (bicyclic) bond motifs is 1. The van der Waals surface area contributed by atoms with E-state index in [1.165, 1.54) is 0 Å². The molecule has 1 saturated heterocycles. The van der Waals surface area contributed by atoms with Gasteiger partial charge in [0.15, 0.2) is 0 Å². The Morgan fingerprint density at radius 2 is 1.96 bits per heavy atom. The molecule has 1 aliphatic rings. The first-order valence-electron chi connectivity index (χ1n) is 9.27. The summed E-state index contributed by atoms with van der Waals surface area (Å²) in [7, 11) is 1.67. The Kier molecular flexibility index (Phi) is 5.16. The molecule has 1 fully saturated rings. The molecular formula is C21H23N3O4. The van der Waals surface area contributed by atoms with Gasteiger partial charge >= 0.3 is 0 Å². The van der Waals surface area contributed by atoms with E-state index < -0.39 is 0 Å². The van der Waals surface area contributed by atoms with Gasteiger partial charge in [0, 0.05) is 18.3 Å². The molecule has 0 N–H and O–H groups in total. The first kappa shape index (κ1) is 18.3. The second-order valence-corrected chi connectivity index (χ2v) is 6.71. The summed E-state index contributed by atoms with van der Waals surface area (Å²) in [5, 5.41) is 6.79. The lowest BCUT2D eigenvalue weighted by Gasteiger charge is -2.26. The fourth-order valence-corrected chi connectivity index (χ4v) is 3.30. The molecule has 0 atom stereocenters. The Morgan fingerprint density at radius 1 is 1.14 bits per heavy atom. The lowest BCUT2D eigenvalue weighted by atomic mass is 10.1. The predicted molar refractivity (Wildman–Crippen MR) is 105 cm³/mol. The molecule has 7 heteroatoms. The summed E-state index contributed by atoms with van der Waals surface area (Å²) in [6.45, 7) is 4.27. The quantitative estimate of drug-likeness (QED) is 0.657. The second-order valence-electron chi connectivity index (χ2n) is 6.71. The number of carbonyl (C=O) groups excluding carboxylic acids is 1. The van der Waals surface area contributed by atoms with Crippen LogP contribution in [0.1, 0.15) is 5.69 Å². The third-order valence-corrected chi connectivity index (χ3v) is 4.84. The minimum Gasteiger partial charge on any atom is -0.497 e. The maximum Gasteiger partial charge on any atom is 0.248 e. The molecule has 2 heterocycles. The van der Waals surface area contributed by atoms with Gasteiger partial charge in [-0.1, -0.05) is 12.1 Å². The molecule has 0 saturated carbocycles. The van der Waals surface area contributed by atoms with E-state index in [-0.39, 0.29) is 12.5 Å². The number of morpholine rings is 1. The Labute approximate surface area is 163 Å². The van der Waals surface area contributed by atoms with Crippen molar-refractivity contribution in [3.05, 3.63) is 48.2 Å². The van der Waals surface area contributed by atoms with Crippen LogP contribution in [0.4, 0.5) is 0 Å². The summed E-state index contributed by atoms with van der Waals surface area (Å²) >= 11 is 0. The zero-order valence-electron chi connectivity index (χ0n) is 16.1. The van der Waals surface area contributed by atoms with E-state index in [1.54, 1.807) is 12.0 Å². The van der Waals surface area contributed by atoms with Gasteiger partial charge in [0.05, 0.1) is 25.9 Å². The van der Waals surface area contributed by atoms with Crippen molar-refractivity contribution in [1.82, 2.24) is 14.7 Å². The van der Waals surface area contributed by atoms with Crippen molar-refractivity contribution in [3.8, 4) is 17.3 Å². The highest BCUT2D eigenvalue weighted by Crippen LogP contribution is 2.24. The van der Waals surface area contributed by atoms with Gasteiger partial charge in [-0.3, -0.25) is 4.79 Å². The number of aromatic nitrogens is 2. The molecule has 0 unspecified atom stereocenters. The highest BCUT2D eigenvalue weighted by atomic mass is 16.5. The van der Waals surface area contributed by atoms with Crippen LogP contribution in [0.2, 0.25) is 0 Å². The number of amides is 1. The Morgan fingerprint density at radius 3 is 2.79 bits per heavy atom. The third kappa shape index (κ3) is 3.80. The summed E-state index contributed by atoms with van der Waals surface area (Å²) in [6.07, 6.45) is 0. The van der Waals surface area contributed by atoms with Gasteiger partial charge in [0.2, 0.25) is 11.8 Å². The fourth-order valence-electron chi connectivity index (χ4n) is 3.30. The zero-order valence-corrected chi connectivity index (χ0v) is 16.1. The number of carbonyl (C=O) groups is 1. The standard InChI is InChI=1S/C21H23N3O4/c1-15-11-20(28-10-8-23-7-9-27-14-21(23)25)22-24(15)18-5-3-17-13-19(26-2)6-4-16(17)12-18/h3-6,11-13H,7-10,14H2,1-2H3. The molecule has 3 aromatic rings. The monoisotopic (exact) mass is 381 g/mol. The van der Waals surface area contributed by atoms with Crippen molar-refractivity contribution in [2.75, 3.05) is 40.0 Å². The van der Waals surface area contributed by atoms with Crippen LogP contribution < -0.4 is 9.47 Å². The van der Waals surface area contributed by atoms with Crippen LogP contribution in [-0.2, 0) is 9.53 Å². The Bertz CT molecular complexity index is 998. The average Bonchev–Trinajstić information content (AvgIpc) is 3.09. The molecule has 2 aromatic carbocycles. The van der Waals surface area contributed by atoms with Gasteiger partial charge in [0.25, 0.3) is 0 Å². The van der Waals surface area contributed by atoms with Crippen LogP contribution >= 0.6 is 0 Å². The van der Waals surface area contributed by atoms with E-state index in [9.17, 15) is 4.79 Å². The van der Waals surface area contributed by atoms with Crippen molar-refractivity contribution < 1.29 is 19.0 Å². The molecule has 1 aliphatic heterocycles. The number of hydrogen-bond donors (Lipinski definition) is 0. The van der Waals surface area contributed by atoms with Crippen molar-refractivity contribution in [2.24, 2.45) is 0 Å². The summed E-state index contributed by atoms with van der Waals surface area (Å²) in [4.78, 5) is 13.5. The normalized spacial score (nSPS) is 14.5. The second kappa shape index (κ2) is 7.90. The van der Waals surface area contributed by atoms with E-state index in [1.807, 2.05) is 41.9 Å². The molecule has 7 nitrogen and oxygen atoms in total. The summed E-state index contributed by atoms with van der Waals surface area (Å²) in [5.41, 5.74) is 1.94. The Balaban J connectivity index is 1.46. The van der Waals surface area contributed by atoms with Crippen LogP contribution in [0.5, 0.6) is 11.6 Å². The molecule has 146 valence electrons. The number of rotatable bonds is 6. The van der Waals surface area contributed by atoms with Gasteiger partial charge in [-0.15, -0.1) is 5.10 Å². The number of aryl methyl sites for hydroxylation is 1. The number of benzene rings is 2. The fraction of sp³-hybridized carbons (Fsp3) is 0.333. The maximum atomic E-state index is 11.7. The number of ether oxygens (including phenoxy) is 3. The van der Waals surface area contributed by atoms with E-state index in [2.05, 4.69) is 17.2 Å². The molecule has 0 spiro atoms. The van der Waals surface area contributed by atoms with Gasteiger partial charge in [-0.05, 0) is 42.0 Å². The summed E-state index contributed by atoms with van der Waals surface area (Å²) in [5.74, 6) is 1.39. The van der Waals surface area contributed by atoms with E-state index >= 15 is 0 Å². The Hall–Kier alpha value is -3.06. The predicted octanol–water partition coefficient (Wildman–Crippen LogP) is 2.58. The first-order valence-corrected chi connectivity index (χ1v) is 9.27. The highest BCUT2D eigenvalue weighted by Gasteiger charge is 2.18. The van der Waals surface area contributed by atoms with Gasteiger partial charge in [0.1, 0.15) is 19.0 Å². The van der Waals surface area contributed by atoms with E-state index in [4.69, 9.17) is 14.2 Å². The molecule has 0 radical (unpaired) electrons. The molecule has 1 amide bonds. The van der Waals surface area contributed by atoms with Crippen molar-refractivity contribution in [3.63, 3.8) is 0 Å². The lowest BCUT2D eigenvalue weighted by Crippen LogP contribution is -2.43. The van der Waals surface area contributed by atoms with Crippen LogP contribution in [0.25, 0.3) is 16.5 Å². The largest absolute Gasteiger partial charge is 0.497 e. The summed E-state index contributed by atoms with van der Waals surface area (Å²) < 4.78 is 18.1. The van der Waals surface area contributed by atoms with Gasteiger partial charge < -0.3 is 19.1 Å².